The van der Waals surface area contributed by atoms with Crippen molar-refractivity contribution in [3.8, 4) is 11.5 Å². The number of aromatic nitrogens is 2. The Kier molecular flexibility index (Phi) is 5.78. The molecule has 5 nitrogen and oxygen atoms in total. The van der Waals surface area contributed by atoms with Crippen LogP contribution in [0.1, 0.15) is 10.4 Å². The highest BCUT2D eigenvalue weighted by Gasteiger charge is 2.15. The summed E-state index contributed by atoms with van der Waals surface area (Å²) < 4.78 is 6.38. The normalized spacial score (nSPS) is 10.8. The number of carbonyl (C=O) groups excluding carboxylic acids is 1. The van der Waals surface area contributed by atoms with Gasteiger partial charge in [-0.15, -0.1) is 21.5 Å². The predicted octanol–water partition coefficient (Wildman–Crippen LogP) is 4.51. The van der Waals surface area contributed by atoms with E-state index in [1.165, 1.54) is 23.1 Å². The van der Waals surface area contributed by atoms with Crippen molar-refractivity contribution in [3.63, 3.8) is 0 Å². The SMILES string of the molecule is Cc1ccccc1-c1nnc(SCC(=O)N(C)Cc2ccc(Cl)s2)o1. The van der Waals surface area contributed by atoms with Crippen LogP contribution in [0.4, 0.5) is 0 Å². The average molecular weight is 394 g/mol. The van der Waals surface area contributed by atoms with Gasteiger partial charge in [0.05, 0.1) is 16.6 Å². The smallest absolute Gasteiger partial charge is 0.277 e. The lowest BCUT2D eigenvalue weighted by Gasteiger charge is -2.15. The number of carbonyl (C=O) groups is 1. The molecule has 0 fully saturated rings. The molecule has 2 heterocycles. The third-order valence-corrected chi connectivity index (χ3v) is 5.57. The molecule has 3 rings (SSSR count). The van der Waals surface area contributed by atoms with Gasteiger partial charge in [-0.2, -0.15) is 0 Å². The summed E-state index contributed by atoms with van der Waals surface area (Å²) in [5.74, 6) is 0.699. The summed E-state index contributed by atoms with van der Waals surface area (Å²) in [5, 5.41) is 8.47. The van der Waals surface area contributed by atoms with E-state index >= 15 is 0 Å². The summed E-state index contributed by atoms with van der Waals surface area (Å²) in [4.78, 5) is 15.0. The first-order valence-corrected chi connectivity index (χ1v) is 9.71. The summed E-state index contributed by atoms with van der Waals surface area (Å²) in [6, 6.07) is 11.6. The fourth-order valence-electron chi connectivity index (χ4n) is 2.18. The number of aryl methyl sites for hydroxylation is 1. The molecule has 3 aromatic rings. The molecule has 2 aromatic heterocycles. The van der Waals surface area contributed by atoms with E-state index in [1.54, 1.807) is 11.9 Å². The lowest BCUT2D eigenvalue weighted by Crippen LogP contribution is -2.27. The molecule has 0 radical (unpaired) electrons. The first-order chi connectivity index (χ1) is 12.0. The first kappa shape index (κ1) is 18.0. The molecule has 0 aliphatic heterocycles. The summed E-state index contributed by atoms with van der Waals surface area (Å²) in [6.45, 7) is 2.52. The van der Waals surface area contributed by atoms with Gasteiger partial charge in [0.15, 0.2) is 0 Å². The van der Waals surface area contributed by atoms with Crippen LogP contribution in [-0.2, 0) is 11.3 Å². The van der Waals surface area contributed by atoms with Crippen molar-refractivity contribution in [2.24, 2.45) is 0 Å². The van der Waals surface area contributed by atoms with Gasteiger partial charge in [0.1, 0.15) is 0 Å². The van der Waals surface area contributed by atoms with Crippen LogP contribution in [-0.4, -0.2) is 33.8 Å². The highest BCUT2D eigenvalue weighted by atomic mass is 35.5. The lowest BCUT2D eigenvalue weighted by molar-refractivity contribution is -0.127. The second kappa shape index (κ2) is 8.03. The molecule has 0 aliphatic rings. The maximum absolute atomic E-state index is 12.2. The molecule has 0 spiro atoms. The van der Waals surface area contributed by atoms with Crippen molar-refractivity contribution in [1.29, 1.82) is 0 Å². The number of rotatable bonds is 6. The Morgan fingerprint density at radius 2 is 2.08 bits per heavy atom. The molecule has 1 aromatic carbocycles. The summed E-state index contributed by atoms with van der Waals surface area (Å²) in [6.07, 6.45) is 0. The van der Waals surface area contributed by atoms with E-state index in [1.807, 2.05) is 43.3 Å². The number of thioether (sulfide) groups is 1. The largest absolute Gasteiger partial charge is 0.411 e. The van der Waals surface area contributed by atoms with Crippen LogP contribution < -0.4 is 0 Å². The van der Waals surface area contributed by atoms with Gasteiger partial charge < -0.3 is 9.32 Å². The minimum atomic E-state index is -0.00911. The zero-order valence-corrected chi connectivity index (χ0v) is 16.1. The Labute approximate surface area is 159 Å². The Balaban J connectivity index is 1.56. The molecule has 0 unspecified atom stereocenters. The van der Waals surface area contributed by atoms with E-state index in [0.29, 0.717) is 17.7 Å². The zero-order valence-electron chi connectivity index (χ0n) is 13.7. The molecule has 0 saturated carbocycles. The van der Waals surface area contributed by atoms with E-state index in [9.17, 15) is 4.79 Å². The Hall–Kier alpha value is -1.83. The second-order valence-electron chi connectivity index (χ2n) is 5.43. The first-order valence-electron chi connectivity index (χ1n) is 7.53. The Morgan fingerprint density at radius 3 is 2.80 bits per heavy atom. The van der Waals surface area contributed by atoms with Crippen molar-refractivity contribution >= 4 is 40.6 Å². The third-order valence-electron chi connectivity index (χ3n) is 3.55. The lowest BCUT2D eigenvalue weighted by atomic mass is 10.1. The van der Waals surface area contributed by atoms with E-state index in [4.69, 9.17) is 16.0 Å². The van der Waals surface area contributed by atoms with Crippen LogP contribution in [0, 0.1) is 6.92 Å². The van der Waals surface area contributed by atoms with E-state index < -0.39 is 0 Å². The van der Waals surface area contributed by atoms with Gasteiger partial charge in [0.2, 0.25) is 11.8 Å². The minimum absolute atomic E-state index is 0.00911. The molecule has 1 amide bonds. The number of thiophene rings is 1. The van der Waals surface area contributed by atoms with Crippen LogP contribution in [0.25, 0.3) is 11.5 Å². The number of benzene rings is 1. The zero-order chi connectivity index (χ0) is 17.8. The quantitative estimate of drug-likeness (QED) is 0.576. The number of halogens is 1. The summed E-state index contributed by atoms with van der Waals surface area (Å²) in [5.41, 5.74) is 1.97. The molecule has 0 N–H and O–H groups in total. The standard InChI is InChI=1S/C17H16ClN3O2S2/c1-11-5-3-4-6-13(11)16-19-20-17(23-16)24-10-15(22)21(2)9-12-7-8-14(18)25-12/h3-8H,9-10H2,1-2H3. The van der Waals surface area contributed by atoms with Gasteiger partial charge >= 0.3 is 0 Å². The van der Waals surface area contributed by atoms with E-state index in [0.717, 1.165) is 20.3 Å². The maximum atomic E-state index is 12.2. The average Bonchev–Trinajstić information content (AvgIpc) is 3.22. The number of hydrogen-bond donors (Lipinski definition) is 0. The van der Waals surface area contributed by atoms with Crippen molar-refractivity contribution in [2.45, 2.75) is 18.7 Å². The van der Waals surface area contributed by atoms with Crippen LogP contribution >= 0.6 is 34.7 Å². The van der Waals surface area contributed by atoms with Crippen LogP contribution in [0.3, 0.4) is 0 Å². The molecule has 8 heteroatoms. The number of nitrogens with zero attached hydrogens (tertiary/aromatic N) is 3. The molecule has 0 bridgehead atoms. The molecule has 0 aliphatic carbocycles. The Morgan fingerprint density at radius 1 is 1.28 bits per heavy atom. The molecule has 0 atom stereocenters. The van der Waals surface area contributed by atoms with Crippen LogP contribution in [0.15, 0.2) is 46.0 Å². The summed E-state index contributed by atoms with van der Waals surface area (Å²) >= 11 is 8.63. The molecule has 0 saturated heterocycles. The van der Waals surface area contributed by atoms with Crippen molar-refractivity contribution in [2.75, 3.05) is 12.8 Å². The van der Waals surface area contributed by atoms with Crippen molar-refractivity contribution < 1.29 is 9.21 Å². The summed E-state index contributed by atoms with van der Waals surface area (Å²) in [7, 11) is 1.77. The van der Waals surface area contributed by atoms with Gasteiger partial charge in [-0.3, -0.25) is 4.79 Å². The Bertz CT molecular complexity index is 878. The molecule has 25 heavy (non-hydrogen) atoms. The third kappa shape index (κ3) is 4.62. The predicted molar refractivity (Wildman–Crippen MR) is 101 cm³/mol. The van der Waals surface area contributed by atoms with Gasteiger partial charge in [0.25, 0.3) is 5.22 Å². The van der Waals surface area contributed by atoms with Crippen molar-refractivity contribution in [3.05, 3.63) is 51.2 Å². The van der Waals surface area contributed by atoms with Gasteiger partial charge in [0, 0.05) is 17.5 Å². The molecular weight excluding hydrogens is 378 g/mol. The monoisotopic (exact) mass is 393 g/mol. The van der Waals surface area contributed by atoms with Gasteiger partial charge in [-0.05, 0) is 30.7 Å². The van der Waals surface area contributed by atoms with Crippen LogP contribution in [0.2, 0.25) is 4.34 Å². The van der Waals surface area contributed by atoms with E-state index in [-0.39, 0.29) is 11.7 Å². The number of hydrogen-bond acceptors (Lipinski definition) is 6. The van der Waals surface area contributed by atoms with Gasteiger partial charge in [-0.1, -0.05) is 41.6 Å². The van der Waals surface area contributed by atoms with Gasteiger partial charge in [-0.25, -0.2) is 0 Å². The van der Waals surface area contributed by atoms with Crippen LogP contribution in [0.5, 0.6) is 0 Å². The highest BCUT2D eigenvalue weighted by Crippen LogP contribution is 2.26. The molecule has 130 valence electrons. The fraction of sp³-hybridized carbons (Fsp3) is 0.235. The highest BCUT2D eigenvalue weighted by molar-refractivity contribution is 7.99. The van der Waals surface area contributed by atoms with E-state index in [2.05, 4.69) is 10.2 Å². The second-order valence-corrected chi connectivity index (χ2v) is 8.16. The maximum Gasteiger partial charge on any atom is 0.277 e. The number of amides is 1. The topological polar surface area (TPSA) is 59.2 Å². The minimum Gasteiger partial charge on any atom is -0.411 e. The molecular formula is C17H16ClN3O2S2. The van der Waals surface area contributed by atoms with Crippen molar-refractivity contribution in [1.82, 2.24) is 15.1 Å². The fourth-order valence-corrected chi connectivity index (χ4v) is 4.03.